The van der Waals surface area contributed by atoms with E-state index in [0.29, 0.717) is 0 Å². The van der Waals surface area contributed by atoms with E-state index in [1.165, 1.54) is 0 Å². The van der Waals surface area contributed by atoms with Crippen molar-refractivity contribution in [1.82, 2.24) is 19.9 Å². The monoisotopic (exact) mass is 670 g/mol. The Bertz CT molecular complexity index is 2530. The average Bonchev–Trinajstić information content (AvgIpc) is 3.94. The van der Waals surface area contributed by atoms with E-state index in [9.17, 15) is 0 Å². The van der Waals surface area contributed by atoms with Gasteiger partial charge >= 0.3 is 0 Å². The SMILES string of the molecule is C1=Cc2cc3[nH]c(c(-c4ccccc4)c4nc(cc5ccc(cc1n2)[nH]5)C=C4c1ccccc1)c(-c1ccccc1)c3-c1ccccc1.[Fe]. The van der Waals surface area contributed by atoms with Crippen molar-refractivity contribution >= 4 is 45.9 Å². The van der Waals surface area contributed by atoms with E-state index in [1.54, 1.807) is 0 Å². The molecule has 49 heavy (non-hydrogen) atoms. The van der Waals surface area contributed by atoms with Gasteiger partial charge in [-0.25, -0.2) is 9.97 Å². The third kappa shape index (κ3) is 5.76. The number of benzene rings is 4. The zero-order chi connectivity index (χ0) is 31.9. The maximum absolute atomic E-state index is 5.42. The first-order valence-electron chi connectivity index (χ1n) is 16.2. The van der Waals surface area contributed by atoms with E-state index < -0.39 is 0 Å². The van der Waals surface area contributed by atoms with Crippen molar-refractivity contribution in [2.75, 3.05) is 0 Å². The topological polar surface area (TPSA) is 57.4 Å². The van der Waals surface area contributed by atoms with Crippen LogP contribution in [0.5, 0.6) is 0 Å². The van der Waals surface area contributed by atoms with Gasteiger partial charge in [0.2, 0.25) is 0 Å². The fraction of sp³-hybridized carbons (Fsp3) is 0. The largest absolute Gasteiger partial charge is 0.355 e. The molecule has 234 valence electrons. The molecule has 0 saturated carbocycles. The van der Waals surface area contributed by atoms with E-state index >= 15 is 0 Å². The Hall–Kier alpha value is -6.00. The molecular formula is C44H30FeN4. The summed E-state index contributed by atoms with van der Waals surface area (Å²) in [6.45, 7) is 0. The quantitative estimate of drug-likeness (QED) is 0.183. The normalized spacial score (nSPS) is 12.0. The molecule has 2 aliphatic rings. The molecule has 0 amide bonds. The summed E-state index contributed by atoms with van der Waals surface area (Å²) in [6.07, 6.45) is 6.35. The third-order valence-electron chi connectivity index (χ3n) is 8.89. The van der Waals surface area contributed by atoms with Gasteiger partial charge in [0.25, 0.3) is 0 Å². The molecule has 3 aromatic heterocycles. The van der Waals surface area contributed by atoms with E-state index in [2.05, 4.69) is 180 Å². The van der Waals surface area contributed by atoms with Gasteiger partial charge in [-0.1, -0.05) is 121 Å². The molecule has 0 unspecified atom stereocenters. The molecule has 2 aliphatic heterocycles. The number of nitrogens with zero attached hydrogens (tertiary/aromatic N) is 2. The van der Waals surface area contributed by atoms with Gasteiger partial charge in [0.05, 0.1) is 28.3 Å². The second kappa shape index (κ2) is 12.9. The molecule has 0 fully saturated rings. The Balaban J connectivity index is 0.00000348. The van der Waals surface area contributed by atoms with Crippen LogP contribution in [0.4, 0.5) is 0 Å². The van der Waals surface area contributed by atoms with Gasteiger partial charge in [-0.15, -0.1) is 0 Å². The maximum atomic E-state index is 5.42. The molecule has 8 bridgehead atoms. The minimum absolute atomic E-state index is 0. The van der Waals surface area contributed by atoms with E-state index in [-0.39, 0.29) is 17.1 Å². The molecule has 0 atom stereocenters. The second-order valence-corrected chi connectivity index (χ2v) is 12.0. The minimum Gasteiger partial charge on any atom is -0.355 e. The second-order valence-electron chi connectivity index (χ2n) is 12.0. The number of aromatic nitrogens is 4. The van der Waals surface area contributed by atoms with Crippen molar-refractivity contribution in [2.45, 2.75) is 0 Å². The van der Waals surface area contributed by atoms with Crippen molar-refractivity contribution in [2.24, 2.45) is 0 Å². The third-order valence-corrected chi connectivity index (χ3v) is 8.89. The van der Waals surface area contributed by atoms with Gasteiger partial charge in [-0.3, -0.25) is 0 Å². The van der Waals surface area contributed by atoms with E-state index in [4.69, 9.17) is 9.97 Å². The average molecular weight is 671 g/mol. The smallest absolute Gasteiger partial charge is 0.0815 e. The Kier molecular flexibility index (Phi) is 7.98. The van der Waals surface area contributed by atoms with E-state index in [1.807, 2.05) is 0 Å². The van der Waals surface area contributed by atoms with Crippen molar-refractivity contribution < 1.29 is 17.1 Å². The summed E-state index contributed by atoms with van der Waals surface area (Å²) < 4.78 is 0. The molecule has 5 heteroatoms. The van der Waals surface area contributed by atoms with Crippen LogP contribution in [-0.4, -0.2) is 19.9 Å². The zero-order valence-corrected chi connectivity index (χ0v) is 27.5. The fourth-order valence-corrected chi connectivity index (χ4v) is 6.78. The molecule has 4 nitrogen and oxygen atoms in total. The fourth-order valence-electron chi connectivity index (χ4n) is 6.78. The molecule has 0 spiro atoms. The van der Waals surface area contributed by atoms with Gasteiger partial charge in [0.15, 0.2) is 0 Å². The Morgan fingerprint density at radius 1 is 0.408 bits per heavy atom. The number of aromatic amines is 2. The van der Waals surface area contributed by atoms with Crippen LogP contribution in [0, 0.1) is 0 Å². The van der Waals surface area contributed by atoms with Crippen molar-refractivity contribution in [3.63, 3.8) is 0 Å². The molecule has 0 radical (unpaired) electrons. The Morgan fingerprint density at radius 3 is 1.49 bits per heavy atom. The van der Waals surface area contributed by atoms with Gasteiger partial charge in [-0.2, -0.15) is 0 Å². The molecule has 0 aliphatic carbocycles. The number of hydrogen-bond acceptors (Lipinski definition) is 2. The summed E-state index contributed by atoms with van der Waals surface area (Å²) in [7, 11) is 0. The number of hydrogen-bond donors (Lipinski definition) is 2. The first-order chi connectivity index (χ1) is 23.8. The van der Waals surface area contributed by atoms with Crippen molar-refractivity contribution in [3.8, 4) is 33.4 Å². The maximum Gasteiger partial charge on any atom is 0.0815 e. The van der Waals surface area contributed by atoms with Crippen LogP contribution in [-0.2, 0) is 17.1 Å². The van der Waals surface area contributed by atoms with Gasteiger partial charge in [-0.05, 0) is 70.8 Å². The zero-order valence-electron chi connectivity index (χ0n) is 26.4. The molecule has 4 aromatic carbocycles. The molecule has 0 saturated heterocycles. The minimum atomic E-state index is 0. The van der Waals surface area contributed by atoms with E-state index in [0.717, 1.165) is 89.4 Å². The van der Waals surface area contributed by atoms with Crippen LogP contribution in [0.2, 0.25) is 0 Å². The Morgan fingerprint density at radius 2 is 0.898 bits per heavy atom. The van der Waals surface area contributed by atoms with Crippen LogP contribution >= 0.6 is 0 Å². The predicted octanol–water partition coefficient (Wildman–Crippen LogP) is 11.1. The Labute approximate surface area is 295 Å². The van der Waals surface area contributed by atoms with Crippen molar-refractivity contribution in [1.29, 1.82) is 0 Å². The predicted molar refractivity (Wildman–Crippen MR) is 200 cm³/mol. The number of H-pyrrole nitrogens is 2. The molecular weight excluding hydrogens is 640 g/mol. The molecule has 7 aromatic rings. The van der Waals surface area contributed by atoms with Gasteiger partial charge in [0, 0.05) is 55.9 Å². The number of nitrogens with one attached hydrogen (secondary N) is 2. The summed E-state index contributed by atoms with van der Waals surface area (Å²) in [6, 6.07) is 53.0. The molecule has 5 heterocycles. The van der Waals surface area contributed by atoms with Crippen LogP contribution in [0.25, 0.3) is 79.2 Å². The summed E-state index contributed by atoms with van der Waals surface area (Å²) >= 11 is 0. The summed E-state index contributed by atoms with van der Waals surface area (Å²) in [5.74, 6) is 0. The number of fused-ring (bicyclic) bond motifs is 8. The van der Waals surface area contributed by atoms with Crippen LogP contribution in [0.3, 0.4) is 0 Å². The molecule has 9 rings (SSSR count). The van der Waals surface area contributed by atoms with Crippen LogP contribution in [0.15, 0.2) is 152 Å². The van der Waals surface area contributed by atoms with Gasteiger partial charge < -0.3 is 9.97 Å². The first kappa shape index (κ1) is 30.3. The van der Waals surface area contributed by atoms with Crippen LogP contribution < -0.4 is 0 Å². The van der Waals surface area contributed by atoms with Crippen LogP contribution in [0.1, 0.15) is 28.3 Å². The molecule has 2 N–H and O–H groups in total. The standard InChI is InChI=1S/C44H30N4.Fe/c1-5-13-29(14-6-1)38-27-37-26-35-22-21-33(45-35)25-34-23-24-36(46-34)28-39-40(30-15-7-2-8-16-30)41(31-17-9-3-10-18-31)44(48-39)42(43(38)47-37)32-19-11-4-12-20-32;/h1-28,45,48H;. The first-order valence-corrected chi connectivity index (χ1v) is 16.2. The summed E-state index contributed by atoms with van der Waals surface area (Å²) in [5.41, 5.74) is 16.3. The van der Waals surface area contributed by atoms with Gasteiger partial charge in [0.1, 0.15) is 0 Å². The summed E-state index contributed by atoms with van der Waals surface area (Å²) in [5, 5.41) is 0. The summed E-state index contributed by atoms with van der Waals surface area (Å²) in [4.78, 5) is 17.9. The number of rotatable bonds is 4. The van der Waals surface area contributed by atoms with Crippen molar-refractivity contribution in [3.05, 3.63) is 180 Å².